The molecular formula is C25H40N4O2. The molecule has 4 aliphatic carbocycles. The van der Waals surface area contributed by atoms with E-state index in [1.807, 2.05) is 14.0 Å². The first kappa shape index (κ1) is 21.5. The number of carbonyl (C=O) groups is 1. The Bertz CT molecular complexity index is 824. The predicted molar refractivity (Wildman–Crippen MR) is 118 cm³/mol. The van der Waals surface area contributed by atoms with Crippen LogP contribution >= 0.6 is 0 Å². The summed E-state index contributed by atoms with van der Waals surface area (Å²) in [5.41, 5.74) is 0.521. The number of ether oxygens (including phenoxy) is 1. The lowest BCUT2D eigenvalue weighted by Crippen LogP contribution is -2.56. The van der Waals surface area contributed by atoms with Gasteiger partial charge in [0.25, 0.3) is 0 Å². The first-order valence-electron chi connectivity index (χ1n) is 12.6. The fraction of sp³-hybridized carbons (Fsp3) is 0.920. The topological polar surface area (TPSA) is 69.9 Å². The molecule has 6 nitrogen and oxygen atoms in total. The molecule has 0 radical (unpaired) electrons. The Labute approximate surface area is 186 Å². The van der Waals surface area contributed by atoms with Gasteiger partial charge in [-0.05, 0) is 104 Å². The molecule has 1 heterocycles. The first-order valence-corrected chi connectivity index (χ1v) is 12.6. The van der Waals surface area contributed by atoms with Crippen LogP contribution < -0.4 is 0 Å². The summed E-state index contributed by atoms with van der Waals surface area (Å²) in [6, 6.07) is 0. The number of Topliss-reactive ketones (excluding diaryl/α,β-unsaturated/α-hetero) is 1. The molecule has 0 aliphatic heterocycles. The maximum absolute atomic E-state index is 13.3. The molecule has 4 aliphatic rings. The van der Waals surface area contributed by atoms with Crippen LogP contribution in [0.3, 0.4) is 0 Å². The number of methoxy groups -OCH3 is 1. The standard InChI is InChI=1S/C25H40N4O2/c1-16-9-12-25(15-31-4)18(13-16)5-6-19-20-7-8-22(24(20,3)11-10-21(19)25)23(30)14-29-27-17(2)26-28-29/h16,18-22H,5-15H2,1-4H3/t16?,18?,19?,20?,21?,22-,24?,25?/m1/s1. The van der Waals surface area contributed by atoms with Gasteiger partial charge in [0.15, 0.2) is 11.6 Å². The summed E-state index contributed by atoms with van der Waals surface area (Å²) in [4.78, 5) is 14.8. The van der Waals surface area contributed by atoms with Crippen LogP contribution in [0.25, 0.3) is 0 Å². The molecule has 0 saturated heterocycles. The van der Waals surface area contributed by atoms with E-state index in [0.29, 0.717) is 22.9 Å². The van der Waals surface area contributed by atoms with Crippen molar-refractivity contribution in [2.24, 2.45) is 46.3 Å². The summed E-state index contributed by atoms with van der Waals surface area (Å²) in [5, 5.41) is 12.2. The number of ketones is 1. The highest BCUT2D eigenvalue weighted by atomic mass is 16.5. The van der Waals surface area contributed by atoms with E-state index in [4.69, 9.17) is 4.74 Å². The molecule has 0 aromatic carbocycles. The minimum absolute atomic E-state index is 0.136. The molecule has 4 saturated carbocycles. The van der Waals surface area contributed by atoms with Gasteiger partial charge < -0.3 is 4.74 Å². The van der Waals surface area contributed by atoms with Gasteiger partial charge in [-0.25, -0.2) is 0 Å². The molecular weight excluding hydrogens is 388 g/mol. The number of fused-ring (bicyclic) bond motifs is 5. The van der Waals surface area contributed by atoms with E-state index in [0.717, 1.165) is 36.7 Å². The SMILES string of the molecule is COCC12CCC(C)CC1CCC1C2CCC2(C)C1CC[C@@H]2C(=O)Cn1nnc(C)n1. The Morgan fingerprint density at radius 2 is 1.97 bits per heavy atom. The number of aryl methyl sites for hydroxylation is 1. The van der Waals surface area contributed by atoms with Gasteiger partial charge in [0.1, 0.15) is 6.54 Å². The lowest BCUT2D eigenvalue weighted by Gasteiger charge is -2.61. The maximum atomic E-state index is 13.3. The number of hydrogen-bond donors (Lipinski definition) is 0. The molecule has 0 spiro atoms. The van der Waals surface area contributed by atoms with Crippen LogP contribution in [0.15, 0.2) is 0 Å². The second kappa shape index (κ2) is 7.93. The third-order valence-corrected chi connectivity index (χ3v) is 10.3. The van der Waals surface area contributed by atoms with Crippen molar-refractivity contribution in [3.8, 4) is 0 Å². The minimum atomic E-state index is 0.136. The highest BCUT2D eigenvalue weighted by Gasteiger charge is 2.62. The zero-order valence-corrected chi connectivity index (χ0v) is 19.8. The second-order valence-corrected chi connectivity index (χ2v) is 11.7. The van der Waals surface area contributed by atoms with Gasteiger partial charge in [-0.1, -0.05) is 20.3 Å². The lowest BCUT2D eigenvalue weighted by atomic mass is 9.44. The molecule has 1 aromatic heterocycles. The molecule has 0 bridgehead atoms. The van der Waals surface area contributed by atoms with Crippen LogP contribution in [0.2, 0.25) is 0 Å². The van der Waals surface area contributed by atoms with Gasteiger partial charge in [-0.15, -0.1) is 10.2 Å². The Balaban J connectivity index is 1.37. The smallest absolute Gasteiger partial charge is 0.171 e. The fourth-order valence-corrected chi connectivity index (χ4v) is 8.98. The van der Waals surface area contributed by atoms with Crippen LogP contribution in [-0.2, 0) is 16.1 Å². The molecule has 6 heteroatoms. The third-order valence-electron chi connectivity index (χ3n) is 10.3. The summed E-state index contributed by atoms with van der Waals surface area (Å²) in [6.45, 7) is 7.91. The van der Waals surface area contributed by atoms with Gasteiger partial charge in [0.05, 0.1) is 6.61 Å². The molecule has 31 heavy (non-hydrogen) atoms. The third kappa shape index (κ3) is 3.39. The zero-order valence-electron chi connectivity index (χ0n) is 19.8. The van der Waals surface area contributed by atoms with Crippen LogP contribution in [0, 0.1) is 53.3 Å². The highest BCUT2D eigenvalue weighted by Crippen LogP contribution is 2.68. The Morgan fingerprint density at radius 3 is 2.71 bits per heavy atom. The number of hydrogen-bond acceptors (Lipinski definition) is 5. The van der Waals surface area contributed by atoms with Crippen molar-refractivity contribution in [2.75, 3.05) is 13.7 Å². The van der Waals surface area contributed by atoms with E-state index >= 15 is 0 Å². The minimum Gasteiger partial charge on any atom is -0.384 e. The van der Waals surface area contributed by atoms with Crippen molar-refractivity contribution < 1.29 is 9.53 Å². The fourth-order valence-electron chi connectivity index (χ4n) is 8.98. The van der Waals surface area contributed by atoms with Crippen molar-refractivity contribution in [3.63, 3.8) is 0 Å². The number of carbonyl (C=O) groups excluding carboxylic acids is 1. The largest absolute Gasteiger partial charge is 0.384 e. The number of nitrogens with zero attached hydrogens (tertiary/aromatic N) is 4. The Morgan fingerprint density at radius 1 is 1.13 bits per heavy atom. The molecule has 0 N–H and O–H groups in total. The van der Waals surface area contributed by atoms with Gasteiger partial charge in [-0.2, -0.15) is 4.80 Å². The molecule has 8 atom stereocenters. The van der Waals surface area contributed by atoms with Crippen molar-refractivity contribution in [1.29, 1.82) is 0 Å². The molecule has 0 amide bonds. The molecule has 5 rings (SSSR count). The summed E-state index contributed by atoms with van der Waals surface area (Å²) >= 11 is 0. The quantitative estimate of drug-likeness (QED) is 0.692. The van der Waals surface area contributed by atoms with Crippen molar-refractivity contribution in [2.45, 2.75) is 85.1 Å². The predicted octanol–water partition coefficient (Wildman–Crippen LogP) is 4.47. The summed E-state index contributed by atoms with van der Waals surface area (Å²) in [6.07, 6.45) is 11.5. The van der Waals surface area contributed by atoms with Crippen molar-refractivity contribution >= 4 is 5.78 Å². The molecule has 172 valence electrons. The Kier molecular flexibility index (Phi) is 5.51. The van der Waals surface area contributed by atoms with Crippen LogP contribution in [0.4, 0.5) is 0 Å². The monoisotopic (exact) mass is 428 g/mol. The number of rotatable bonds is 5. The maximum Gasteiger partial charge on any atom is 0.171 e. The summed E-state index contributed by atoms with van der Waals surface area (Å²) in [5.74, 6) is 5.02. The van der Waals surface area contributed by atoms with Gasteiger partial charge in [0.2, 0.25) is 0 Å². The van der Waals surface area contributed by atoms with Crippen molar-refractivity contribution in [1.82, 2.24) is 20.2 Å². The molecule has 1 aromatic rings. The number of tetrazole rings is 1. The van der Waals surface area contributed by atoms with Crippen molar-refractivity contribution in [3.05, 3.63) is 5.82 Å². The highest BCUT2D eigenvalue weighted by molar-refractivity contribution is 5.81. The molecule has 7 unspecified atom stereocenters. The second-order valence-electron chi connectivity index (χ2n) is 11.7. The zero-order chi connectivity index (χ0) is 21.8. The van der Waals surface area contributed by atoms with Gasteiger partial charge in [0, 0.05) is 13.0 Å². The van der Waals surface area contributed by atoms with E-state index < -0.39 is 0 Å². The summed E-state index contributed by atoms with van der Waals surface area (Å²) < 4.78 is 5.91. The van der Waals surface area contributed by atoms with Crippen LogP contribution in [-0.4, -0.2) is 39.7 Å². The van der Waals surface area contributed by atoms with E-state index in [9.17, 15) is 4.79 Å². The van der Waals surface area contributed by atoms with E-state index in [-0.39, 0.29) is 17.9 Å². The molecule has 4 fully saturated rings. The van der Waals surface area contributed by atoms with E-state index in [2.05, 4.69) is 29.3 Å². The van der Waals surface area contributed by atoms with E-state index in [1.54, 1.807) is 0 Å². The van der Waals surface area contributed by atoms with Crippen LogP contribution in [0.1, 0.15) is 77.5 Å². The lowest BCUT2D eigenvalue weighted by molar-refractivity contribution is -0.154. The normalized spacial score (nSPS) is 44.4. The Hall–Kier alpha value is -1.30. The summed E-state index contributed by atoms with van der Waals surface area (Å²) in [7, 11) is 1.91. The first-order chi connectivity index (χ1) is 14.9. The number of aromatic nitrogens is 4. The van der Waals surface area contributed by atoms with Gasteiger partial charge >= 0.3 is 0 Å². The van der Waals surface area contributed by atoms with Gasteiger partial charge in [-0.3, -0.25) is 4.79 Å². The van der Waals surface area contributed by atoms with E-state index in [1.165, 1.54) is 56.2 Å². The van der Waals surface area contributed by atoms with Crippen LogP contribution in [0.5, 0.6) is 0 Å². The average molecular weight is 429 g/mol. The average Bonchev–Trinajstić information content (AvgIpc) is 3.30.